The van der Waals surface area contributed by atoms with Crippen LogP contribution in [-0.4, -0.2) is 30.2 Å². The summed E-state index contributed by atoms with van der Waals surface area (Å²) in [5, 5.41) is 0. The first kappa shape index (κ1) is 9.71. The van der Waals surface area contributed by atoms with Gasteiger partial charge in [-0.15, -0.1) is 0 Å². The van der Waals surface area contributed by atoms with E-state index in [-0.39, 0.29) is 18.2 Å². The second kappa shape index (κ2) is 3.38. The van der Waals surface area contributed by atoms with Crippen LogP contribution >= 0.6 is 0 Å². The molecule has 78 valence electrons. The largest absolute Gasteiger partial charge is 0.399 e. The van der Waals surface area contributed by atoms with Crippen LogP contribution in [0.15, 0.2) is 18.2 Å². The number of likely N-dealkylation sites (N-methyl/N-ethyl adjacent to an activating group) is 1. The van der Waals surface area contributed by atoms with Crippen LogP contribution in [0.25, 0.3) is 0 Å². The maximum atomic E-state index is 11.9. The number of Topliss-reactive ketones (excluding diaryl/α,β-unsaturated/α-hetero) is 1. The molecule has 1 aliphatic rings. The Labute approximate surface area is 87.7 Å². The molecule has 1 aromatic rings. The van der Waals surface area contributed by atoms with Gasteiger partial charge in [0.2, 0.25) is 0 Å². The number of nitrogen functional groups attached to an aromatic ring is 1. The highest BCUT2D eigenvalue weighted by Crippen LogP contribution is 2.19. The van der Waals surface area contributed by atoms with Crippen molar-refractivity contribution < 1.29 is 9.59 Å². The van der Waals surface area contributed by atoms with Crippen molar-refractivity contribution in [2.45, 2.75) is 6.42 Å². The molecule has 0 bridgehead atoms. The number of rotatable bonds is 0. The van der Waals surface area contributed by atoms with Gasteiger partial charge in [0.25, 0.3) is 5.91 Å². The summed E-state index contributed by atoms with van der Waals surface area (Å²) in [7, 11) is 1.62. The van der Waals surface area contributed by atoms with E-state index >= 15 is 0 Å². The fourth-order valence-electron chi connectivity index (χ4n) is 1.76. The number of carbonyl (C=O) groups is 2. The van der Waals surface area contributed by atoms with Gasteiger partial charge in [0.05, 0.1) is 6.54 Å². The second-order valence-electron chi connectivity index (χ2n) is 3.79. The Hall–Kier alpha value is -1.84. The number of nitrogens with zero attached hydrogens (tertiary/aromatic N) is 1. The fraction of sp³-hybridized carbons (Fsp3) is 0.273. The minimum Gasteiger partial charge on any atom is -0.399 e. The van der Waals surface area contributed by atoms with Gasteiger partial charge in [-0.05, 0) is 17.7 Å². The smallest absolute Gasteiger partial charge is 0.254 e. The molecule has 0 unspecified atom stereocenters. The van der Waals surface area contributed by atoms with Gasteiger partial charge in [-0.1, -0.05) is 6.07 Å². The number of fused-ring (bicyclic) bond motifs is 1. The van der Waals surface area contributed by atoms with E-state index in [1.165, 1.54) is 4.90 Å². The van der Waals surface area contributed by atoms with Gasteiger partial charge in [-0.25, -0.2) is 0 Å². The lowest BCUT2D eigenvalue weighted by Gasteiger charge is -2.13. The lowest BCUT2D eigenvalue weighted by Crippen LogP contribution is -2.29. The van der Waals surface area contributed by atoms with Crippen LogP contribution < -0.4 is 5.73 Å². The summed E-state index contributed by atoms with van der Waals surface area (Å²) in [6.45, 7) is 0.174. The van der Waals surface area contributed by atoms with Crippen LogP contribution in [0.2, 0.25) is 0 Å². The molecule has 0 atom stereocenters. The number of hydrogen-bond donors (Lipinski definition) is 1. The van der Waals surface area contributed by atoms with Crippen LogP contribution in [0.1, 0.15) is 15.9 Å². The molecule has 0 fully saturated rings. The summed E-state index contributed by atoms with van der Waals surface area (Å²) in [6.07, 6.45) is 0.311. The van der Waals surface area contributed by atoms with E-state index in [4.69, 9.17) is 5.73 Å². The Balaban J connectivity index is 2.55. The molecule has 1 heterocycles. The average Bonchev–Trinajstić information content (AvgIpc) is 2.27. The molecule has 15 heavy (non-hydrogen) atoms. The van der Waals surface area contributed by atoms with Crippen molar-refractivity contribution in [3.8, 4) is 0 Å². The third kappa shape index (κ3) is 1.70. The molecule has 0 spiro atoms. The van der Waals surface area contributed by atoms with Crippen molar-refractivity contribution >= 4 is 17.4 Å². The zero-order chi connectivity index (χ0) is 11.0. The number of benzene rings is 1. The van der Waals surface area contributed by atoms with Gasteiger partial charge in [0.1, 0.15) is 0 Å². The summed E-state index contributed by atoms with van der Waals surface area (Å²) in [6, 6.07) is 5.09. The molecule has 0 aromatic heterocycles. The van der Waals surface area contributed by atoms with Crippen molar-refractivity contribution in [2.24, 2.45) is 0 Å². The Bertz CT molecular complexity index is 440. The van der Waals surface area contributed by atoms with Crippen LogP contribution in [0.3, 0.4) is 0 Å². The molecular weight excluding hydrogens is 192 g/mol. The molecule has 2 N–H and O–H groups in total. The highest BCUT2D eigenvalue weighted by atomic mass is 16.2. The van der Waals surface area contributed by atoms with E-state index in [1.807, 2.05) is 0 Å². The first-order chi connectivity index (χ1) is 7.08. The van der Waals surface area contributed by atoms with Crippen LogP contribution in [-0.2, 0) is 11.2 Å². The van der Waals surface area contributed by atoms with Crippen LogP contribution in [0.4, 0.5) is 5.69 Å². The van der Waals surface area contributed by atoms with E-state index in [2.05, 4.69) is 0 Å². The van der Waals surface area contributed by atoms with Crippen molar-refractivity contribution in [2.75, 3.05) is 19.3 Å². The van der Waals surface area contributed by atoms with Crippen molar-refractivity contribution in [1.29, 1.82) is 0 Å². The molecule has 0 radical (unpaired) electrons. The second-order valence-corrected chi connectivity index (χ2v) is 3.79. The fourth-order valence-corrected chi connectivity index (χ4v) is 1.76. The maximum absolute atomic E-state index is 11.9. The number of nitrogens with two attached hydrogens (primary N) is 1. The van der Waals surface area contributed by atoms with E-state index < -0.39 is 0 Å². The quantitative estimate of drug-likeness (QED) is 0.625. The lowest BCUT2D eigenvalue weighted by molar-refractivity contribution is -0.118. The number of anilines is 1. The third-order valence-electron chi connectivity index (χ3n) is 2.51. The molecule has 4 heteroatoms. The molecule has 4 nitrogen and oxygen atoms in total. The minimum absolute atomic E-state index is 0.0503. The van der Waals surface area contributed by atoms with Gasteiger partial charge in [0, 0.05) is 24.7 Å². The molecule has 0 aliphatic carbocycles. The Kier molecular flexibility index (Phi) is 2.19. The molecule has 1 amide bonds. The first-order valence-corrected chi connectivity index (χ1v) is 4.73. The number of hydrogen-bond acceptors (Lipinski definition) is 3. The third-order valence-corrected chi connectivity index (χ3v) is 2.51. The van der Waals surface area contributed by atoms with Crippen LogP contribution in [0.5, 0.6) is 0 Å². The lowest BCUT2D eigenvalue weighted by atomic mass is 10.0. The summed E-state index contributed by atoms with van der Waals surface area (Å²) >= 11 is 0. The zero-order valence-electron chi connectivity index (χ0n) is 8.49. The molecule has 2 rings (SSSR count). The van der Waals surface area contributed by atoms with Gasteiger partial charge < -0.3 is 10.6 Å². The monoisotopic (exact) mass is 204 g/mol. The average molecular weight is 204 g/mol. The maximum Gasteiger partial charge on any atom is 0.254 e. The summed E-state index contributed by atoms with van der Waals surface area (Å²) in [4.78, 5) is 24.7. The van der Waals surface area contributed by atoms with E-state index in [0.717, 1.165) is 5.56 Å². The van der Waals surface area contributed by atoms with Gasteiger partial charge in [-0.3, -0.25) is 9.59 Å². The van der Waals surface area contributed by atoms with E-state index in [0.29, 0.717) is 17.7 Å². The number of carbonyl (C=O) groups excluding carboxylic acids is 2. The predicted octanol–water partition coefficient (Wildman–Crippen LogP) is 0.466. The van der Waals surface area contributed by atoms with Gasteiger partial charge in [0.15, 0.2) is 5.78 Å². The van der Waals surface area contributed by atoms with E-state index in [1.54, 1.807) is 25.2 Å². The SMILES string of the molecule is CN1CC(=O)Cc2ccc(N)cc2C1=O. The normalized spacial score (nSPS) is 16.2. The minimum atomic E-state index is -0.136. The Morgan fingerprint density at radius 1 is 1.33 bits per heavy atom. The van der Waals surface area contributed by atoms with Crippen molar-refractivity contribution in [1.82, 2.24) is 4.90 Å². The standard InChI is InChI=1S/C11H12N2O2/c1-13-6-9(14)4-7-2-3-8(12)5-10(7)11(13)15/h2-3,5H,4,6,12H2,1H3. The summed E-state index contributed by atoms with van der Waals surface area (Å²) in [5.41, 5.74) is 7.48. The highest BCUT2D eigenvalue weighted by Gasteiger charge is 2.23. The van der Waals surface area contributed by atoms with Gasteiger partial charge >= 0.3 is 0 Å². The molecule has 0 saturated carbocycles. The van der Waals surface area contributed by atoms with Crippen molar-refractivity contribution in [3.05, 3.63) is 29.3 Å². The van der Waals surface area contributed by atoms with Crippen LogP contribution in [0, 0.1) is 0 Å². The highest BCUT2D eigenvalue weighted by molar-refractivity contribution is 6.02. The summed E-state index contributed by atoms with van der Waals surface area (Å²) < 4.78 is 0. The van der Waals surface area contributed by atoms with E-state index in [9.17, 15) is 9.59 Å². The van der Waals surface area contributed by atoms with Gasteiger partial charge in [-0.2, -0.15) is 0 Å². The Morgan fingerprint density at radius 3 is 2.80 bits per heavy atom. The number of amides is 1. The topological polar surface area (TPSA) is 63.4 Å². The summed E-state index contributed by atoms with van der Waals surface area (Å²) in [5.74, 6) is -0.0856. The zero-order valence-corrected chi connectivity index (χ0v) is 8.49. The number of ketones is 1. The first-order valence-electron chi connectivity index (χ1n) is 4.73. The molecule has 0 saturated heterocycles. The predicted molar refractivity (Wildman–Crippen MR) is 56.5 cm³/mol. The molecule has 1 aromatic carbocycles. The molecule has 1 aliphatic heterocycles. The Morgan fingerprint density at radius 2 is 2.07 bits per heavy atom. The van der Waals surface area contributed by atoms with Crippen molar-refractivity contribution in [3.63, 3.8) is 0 Å². The molecular formula is C11H12N2O2.